The van der Waals surface area contributed by atoms with Crippen molar-refractivity contribution in [1.29, 1.82) is 0 Å². The molecule has 0 bridgehead atoms. The average molecular weight is 272 g/mol. The highest BCUT2D eigenvalue weighted by molar-refractivity contribution is 6.05. The maximum atomic E-state index is 12.1. The fourth-order valence-electron chi connectivity index (χ4n) is 1.95. The van der Waals surface area contributed by atoms with Gasteiger partial charge in [-0.2, -0.15) is 0 Å². The number of carbonyl (C=O) groups excluding carboxylic acids is 1. The molecule has 0 fully saturated rings. The van der Waals surface area contributed by atoms with Crippen LogP contribution in [0.2, 0.25) is 0 Å². The molecule has 0 radical (unpaired) electrons. The van der Waals surface area contributed by atoms with Crippen molar-refractivity contribution in [2.75, 3.05) is 19.5 Å². The minimum atomic E-state index is -0.235. The first-order valence-electron chi connectivity index (χ1n) is 6.10. The molecule has 1 heterocycles. The molecule has 0 spiro atoms. The second-order valence-electron chi connectivity index (χ2n) is 4.17. The van der Waals surface area contributed by atoms with Gasteiger partial charge in [-0.05, 0) is 31.2 Å². The van der Waals surface area contributed by atoms with Gasteiger partial charge in [-0.1, -0.05) is 0 Å². The summed E-state index contributed by atoms with van der Waals surface area (Å²) in [6.07, 6.45) is 3.13. The number of pyridine rings is 1. The lowest BCUT2D eigenvalue weighted by molar-refractivity contribution is 0.102. The van der Waals surface area contributed by atoms with Crippen molar-refractivity contribution in [2.45, 2.75) is 6.92 Å². The summed E-state index contributed by atoms with van der Waals surface area (Å²) in [5.41, 5.74) is 1.92. The van der Waals surface area contributed by atoms with Crippen LogP contribution in [-0.2, 0) is 0 Å². The molecule has 0 aliphatic heterocycles. The van der Waals surface area contributed by atoms with Crippen LogP contribution in [-0.4, -0.2) is 25.1 Å². The number of amides is 1. The fraction of sp³-hybridized carbons (Fsp3) is 0.200. The van der Waals surface area contributed by atoms with Crippen molar-refractivity contribution in [3.8, 4) is 11.5 Å². The van der Waals surface area contributed by atoms with E-state index in [1.54, 1.807) is 44.7 Å². The Morgan fingerprint density at radius 2 is 2.00 bits per heavy atom. The lowest BCUT2D eigenvalue weighted by atomic mass is 10.1. The zero-order valence-corrected chi connectivity index (χ0v) is 11.6. The number of ether oxygens (including phenoxy) is 2. The number of rotatable bonds is 4. The van der Waals surface area contributed by atoms with Gasteiger partial charge in [-0.3, -0.25) is 9.78 Å². The molecule has 104 valence electrons. The number of methoxy groups -OCH3 is 2. The largest absolute Gasteiger partial charge is 0.496 e. The van der Waals surface area contributed by atoms with Crippen LogP contribution in [0.4, 0.5) is 5.69 Å². The zero-order valence-electron chi connectivity index (χ0n) is 11.6. The molecule has 0 atom stereocenters. The zero-order chi connectivity index (χ0) is 14.5. The molecule has 1 aromatic carbocycles. The van der Waals surface area contributed by atoms with Crippen LogP contribution in [0.3, 0.4) is 0 Å². The van der Waals surface area contributed by atoms with Gasteiger partial charge in [0.25, 0.3) is 5.91 Å². The average Bonchev–Trinajstić information content (AvgIpc) is 2.48. The van der Waals surface area contributed by atoms with Gasteiger partial charge in [0.05, 0.1) is 25.5 Å². The van der Waals surface area contributed by atoms with Crippen molar-refractivity contribution in [1.82, 2.24) is 4.98 Å². The Morgan fingerprint density at radius 1 is 1.20 bits per heavy atom. The molecule has 0 aliphatic rings. The molecule has 0 unspecified atom stereocenters. The maximum Gasteiger partial charge on any atom is 0.257 e. The summed E-state index contributed by atoms with van der Waals surface area (Å²) in [5, 5.41) is 2.81. The number of hydrogen-bond donors (Lipinski definition) is 1. The first kappa shape index (κ1) is 13.9. The van der Waals surface area contributed by atoms with Crippen LogP contribution >= 0.6 is 0 Å². The Hall–Kier alpha value is -2.56. The Labute approximate surface area is 117 Å². The number of benzene rings is 1. The van der Waals surface area contributed by atoms with Gasteiger partial charge in [0, 0.05) is 18.0 Å². The smallest absolute Gasteiger partial charge is 0.257 e. The third kappa shape index (κ3) is 2.71. The number of anilines is 1. The van der Waals surface area contributed by atoms with Crippen molar-refractivity contribution >= 4 is 11.6 Å². The van der Waals surface area contributed by atoms with E-state index in [1.807, 2.05) is 6.92 Å². The number of nitrogens with one attached hydrogen (secondary N) is 1. The minimum Gasteiger partial charge on any atom is -0.496 e. The molecule has 2 aromatic rings. The lowest BCUT2D eigenvalue weighted by Gasteiger charge is -2.15. The van der Waals surface area contributed by atoms with Crippen molar-refractivity contribution in [3.05, 3.63) is 47.8 Å². The third-order valence-corrected chi connectivity index (χ3v) is 2.95. The van der Waals surface area contributed by atoms with E-state index in [2.05, 4.69) is 10.3 Å². The van der Waals surface area contributed by atoms with E-state index in [1.165, 1.54) is 6.20 Å². The van der Waals surface area contributed by atoms with Crippen LogP contribution in [0.25, 0.3) is 0 Å². The molecule has 1 aromatic heterocycles. The molecule has 0 saturated heterocycles. The molecule has 5 nitrogen and oxygen atoms in total. The van der Waals surface area contributed by atoms with Gasteiger partial charge in [0.2, 0.25) is 0 Å². The maximum absolute atomic E-state index is 12.1. The van der Waals surface area contributed by atoms with Gasteiger partial charge in [0.1, 0.15) is 11.5 Å². The van der Waals surface area contributed by atoms with Gasteiger partial charge in [-0.15, -0.1) is 0 Å². The van der Waals surface area contributed by atoms with E-state index in [0.29, 0.717) is 22.7 Å². The summed E-state index contributed by atoms with van der Waals surface area (Å²) >= 11 is 0. The molecule has 20 heavy (non-hydrogen) atoms. The molecule has 1 N–H and O–H groups in total. The summed E-state index contributed by atoms with van der Waals surface area (Å²) in [5.74, 6) is 1.06. The van der Waals surface area contributed by atoms with Crippen LogP contribution in [0.5, 0.6) is 11.5 Å². The molecule has 5 heteroatoms. The minimum absolute atomic E-state index is 0.235. The van der Waals surface area contributed by atoms with Gasteiger partial charge >= 0.3 is 0 Å². The van der Waals surface area contributed by atoms with Gasteiger partial charge < -0.3 is 14.8 Å². The van der Waals surface area contributed by atoms with Crippen LogP contribution in [0.1, 0.15) is 15.9 Å². The Morgan fingerprint density at radius 3 is 2.60 bits per heavy atom. The number of carbonyl (C=O) groups is 1. The summed E-state index contributed by atoms with van der Waals surface area (Å²) in [6.45, 7) is 1.87. The van der Waals surface area contributed by atoms with E-state index in [0.717, 1.165) is 5.56 Å². The standard InChI is InChI=1S/C15H16N2O3/c1-10-13(19-2)7-6-12(14(10)20-3)17-15(18)11-5-4-8-16-9-11/h4-9H,1-3H3,(H,17,18). The highest BCUT2D eigenvalue weighted by Gasteiger charge is 2.14. The first-order chi connectivity index (χ1) is 9.67. The number of hydrogen-bond acceptors (Lipinski definition) is 4. The summed E-state index contributed by atoms with van der Waals surface area (Å²) in [6, 6.07) is 6.95. The van der Waals surface area contributed by atoms with Crippen molar-refractivity contribution < 1.29 is 14.3 Å². The van der Waals surface area contributed by atoms with E-state index in [4.69, 9.17) is 9.47 Å². The van der Waals surface area contributed by atoms with Gasteiger partial charge in [0.15, 0.2) is 0 Å². The van der Waals surface area contributed by atoms with E-state index >= 15 is 0 Å². The second-order valence-corrected chi connectivity index (χ2v) is 4.17. The first-order valence-corrected chi connectivity index (χ1v) is 6.10. The Bertz CT molecular complexity index is 612. The quantitative estimate of drug-likeness (QED) is 0.929. The summed E-state index contributed by atoms with van der Waals surface area (Å²) in [7, 11) is 3.15. The third-order valence-electron chi connectivity index (χ3n) is 2.95. The Balaban J connectivity index is 2.30. The molecular weight excluding hydrogens is 256 g/mol. The van der Waals surface area contributed by atoms with Crippen molar-refractivity contribution in [3.63, 3.8) is 0 Å². The second kappa shape index (κ2) is 6.06. The SMILES string of the molecule is COc1ccc(NC(=O)c2cccnc2)c(OC)c1C. The summed E-state index contributed by atoms with van der Waals surface area (Å²) in [4.78, 5) is 16.0. The van der Waals surface area contributed by atoms with E-state index in [-0.39, 0.29) is 5.91 Å². The molecule has 0 saturated carbocycles. The van der Waals surface area contributed by atoms with E-state index in [9.17, 15) is 4.79 Å². The predicted octanol–water partition coefficient (Wildman–Crippen LogP) is 2.66. The molecule has 0 aliphatic carbocycles. The summed E-state index contributed by atoms with van der Waals surface area (Å²) < 4.78 is 10.6. The lowest BCUT2D eigenvalue weighted by Crippen LogP contribution is -2.13. The van der Waals surface area contributed by atoms with Crippen LogP contribution < -0.4 is 14.8 Å². The Kier molecular flexibility index (Phi) is 4.20. The number of aromatic nitrogens is 1. The molecule has 1 amide bonds. The van der Waals surface area contributed by atoms with Crippen molar-refractivity contribution in [2.24, 2.45) is 0 Å². The predicted molar refractivity (Wildman–Crippen MR) is 76.5 cm³/mol. The highest BCUT2D eigenvalue weighted by atomic mass is 16.5. The normalized spacial score (nSPS) is 9.95. The van der Waals surface area contributed by atoms with Gasteiger partial charge in [-0.25, -0.2) is 0 Å². The van der Waals surface area contributed by atoms with Crippen LogP contribution in [0.15, 0.2) is 36.7 Å². The van der Waals surface area contributed by atoms with E-state index < -0.39 is 0 Å². The van der Waals surface area contributed by atoms with Crippen LogP contribution in [0, 0.1) is 6.92 Å². The highest BCUT2D eigenvalue weighted by Crippen LogP contribution is 2.35. The molecule has 2 rings (SSSR count). The topological polar surface area (TPSA) is 60.5 Å². The monoisotopic (exact) mass is 272 g/mol. The number of nitrogens with zero attached hydrogens (tertiary/aromatic N) is 1. The molecular formula is C15H16N2O3. The fourth-order valence-corrected chi connectivity index (χ4v) is 1.95.